The maximum atomic E-state index is 13.1. The summed E-state index contributed by atoms with van der Waals surface area (Å²) in [6.07, 6.45) is 1.86. The molecule has 5 heteroatoms. The van der Waals surface area contributed by atoms with E-state index in [1.165, 1.54) is 6.92 Å². The minimum atomic E-state index is -3.36. The fourth-order valence-corrected chi connectivity index (χ4v) is 1.52. The van der Waals surface area contributed by atoms with Crippen molar-refractivity contribution in [1.82, 2.24) is 4.90 Å². The summed E-state index contributed by atoms with van der Waals surface area (Å²) in [5.74, 6) is -4.77. The van der Waals surface area contributed by atoms with Crippen molar-refractivity contribution in [2.24, 2.45) is 0 Å². The van der Waals surface area contributed by atoms with E-state index in [-0.39, 0.29) is 6.61 Å². The van der Waals surface area contributed by atoms with Gasteiger partial charge in [0, 0.05) is 0 Å². The molecule has 0 aromatic carbocycles. The Morgan fingerprint density at radius 2 is 2.00 bits per heavy atom. The summed E-state index contributed by atoms with van der Waals surface area (Å²) in [4.78, 5) is 12.4. The Balaban J connectivity index is 2.42. The van der Waals surface area contributed by atoms with Crippen molar-refractivity contribution in [3.05, 3.63) is 0 Å². The van der Waals surface area contributed by atoms with Crippen molar-refractivity contribution in [3.63, 3.8) is 0 Å². The second-order valence-corrected chi connectivity index (χ2v) is 3.41. The maximum Gasteiger partial charge on any atom is 0.378 e. The van der Waals surface area contributed by atoms with Gasteiger partial charge in [-0.1, -0.05) is 0 Å². The summed E-state index contributed by atoms with van der Waals surface area (Å²) in [6, 6.07) is 0. The van der Waals surface area contributed by atoms with Gasteiger partial charge in [0.25, 0.3) is 0 Å². The Morgan fingerprint density at radius 3 is 2.50 bits per heavy atom. The van der Waals surface area contributed by atoms with Gasteiger partial charge >= 0.3 is 11.9 Å². The van der Waals surface area contributed by atoms with Crippen LogP contribution >= 0.6 is 0 Å². The molecular weight excluding hydrogens is 192 g/mol. The van der Waals surface area contributed by atoms with E-state index in [0.29, 0.717) is 13.1 Å². The minimum absolute atomic E-state index is 0.00553. The van der Waals surface area contributed by atoms with Crippen molar-refractivity contribution in [3.8, 4) is 0 Å². The number of nitrogens with zero attached hydrogens (tertiary/aromatic N) is 1. The first-order valence-electron chi connectivity index (χ1n) is 4.83. The second kappa shape index (κ2) is 4.68. The van der Waals surface area contributed by atoms with Crippen LogP contribution in [-0.2, 0) is 9.53 Å². The van der Waals surface area contributed by atoms with Crippen LogP contribution in [0.3, 0.4) is 0 Å². The lowest BCUT2D eigenvalue weighted by atomic mass is 10.3. The number of esters is 1. The Labute approximate surface area is 82.0 Å². The van der Waals surface area contributed by atoms with E-state index in [1.54, 1.807) is 4.90 Å². The van der Waals surface area contributed by atoms with E-state index in [2.05, 4.69) is 4.74 Å². The third kappa shape index (κ3) is 2.90. The van der Waals surface area contributed by atoms with E-state index >= 15 is 0 Å². The Morgan fingerprint density at radius 1 is 1.43 bits per heavy atom. The van der Waals surface area contributed by atoms with Crippen LogP contribution < -0.4 is 0 Å². The van der Waals surface area contributed by atoms with Crippen molar-refractivity contribution < 1.29 is 18.3 Å². The molecule has 1 heterocycles. The first-order chi connectivity index (χ1) is 6.56. The Bertz CT molecular complexity index is 203. The van der Waals surface area contributed by atoms with Gasteiger partial charge in [-0.2, -0.15) is 8.78 Å². The van der Waals surface area contributed by atoms with Crippen molar-refractivity contribution >= 4 is 5.97 Å². The van der Waals surface area contributed by atoms with Crippen LogP contribution in [0.15, 0.2) is 0 Å². The third-order valence-electron chi connectivity index (χ3n) is 2.19. The number of carbonyl (C=O) groups excluding carboxylic acids is 1. The highest BCUT2D eigenvalue weighted by Crippen LogP contribution is 2.20. The molecule has 0 saturated carbocycles. The summed E-state index contributed by atoms with van der Waals surface area (Å²) in [5.41, 5.74) is 0. The summed E-state index contributed by atoms with van der Waals surface area (Å²) in [7, 11) is 0. The van der Waals surface area contributed by atoms with E-state index < -0.39 is 18.4 Å². The Kier molecular flexibility index (Phi) is 3.80. The minimum Gasteiger partial charge on any atom is -0.462 e. The quantitative estimate of drug-likeness (QED) is 0.650. The molecule has 0 atom stereocenters. The average molecular weight is 207 g/mol. The highest BCUT2D eigenvalue weighted by atomic mass is 19.3. The molecule has 0 spiro atoms. The first kappa shape index (κ1) is 11.4. The van der Waals surface area contributed by atoms with Crippen LogP contribution in [0.4, 0.5) is 8.78 Å². The van der Waals surface area contributed by atoms with Gasteiger partial charge in [0.05, 0.1) is 13.2 Å². The number of halogens is 2. The van der Waals surface area contributed by atoms with E-state index in [0.717, 1.165) is 12.8 Å². The zero-order valence-electron chi connectivity index (χ0n) is 8.26. The molecule has 1 saturated heterocycles. The zero-order chi connectivity index (χ0) is 10.6. The van der Waals surface area contributed by atoms with Gasteiger partial charge in [0.15, 0.2) is 0 Å². The molecule has 1 aliphatic heterocycles. The summed E-state index contributed by atoms with van der Waals surface area (Å²) in [5, 5.41) is 0. The molecule has 0 aliphatic carbocycles. The topological polar surface area (TPSA) is 29.5 Å². The van der Waals surface area contributed by atoms with Crippen molar-refractivity contribution in [2.75, 3.05) is 26.2 Å². The molecule has 0 unspecified atom stereocenters. The predicted molar refractivity (Wildman–Crippen MR) is 47.3 cm³/mol. The molecular formula is C9H15F2NO2. The standard InChI is InChI=1S/C9H15F2NO2/c1-2-14-8(13)9(10,11)7-12-5-3-4-6-12/h2-7H2,1H3. The molecule has 0 amide bonds. The maximum absolute atomic E-state index is 13.1. The van der Waals surface area contributed by atoms with Crippen LogP contribution in [0, 0.1) is 0 Å². The molecule has 0 bridgehead atoms. The largest absolute Gasteiger partial charge is 0.462 e. The molecule has 0 N–H and O–H groups in total. The fourth-order valence-electron chi connectivity index (χ4n) is 1.52. The average Bonchev–Trinajstić information content (AvgIpc) is 2.56. The van der Waals surface area contributed by atoms with Crippen LogP contribution in [0.5, 0.6) is 0 Å². The third-order valence-corrected chi connectivity index (χ3v) is 2.19. The highest BCUT2D eigenvalue weighted by Gasteiger charge is 2.42. The monoisotopic (exact) mass is 207 g/mol. The van der Waals surface area contributed by atoms with Crippen molar-refractivity contribution in [2.45, 2.75) is 25.7 Å². The number of alkyl halides is 2. The second-order valence-electron chi connectivity index (χ2n) is 3.41. The number of rotatable bonds is 4. The molecule has 1 fully saturated rings. The van der Waals surface area contributed by atoms with Gasteiger partial charge in [-0.3, -0.25) is 4.90 Å². The fraction of sp³-hybridized carbons (Fsp3) is 0.889. The van der Waals surface area contributed by atoms with E-state index in [1.807, 2.05) is 0 Å². The molecule has 1 aliphatic rings. The van der Waals surface area contributed by atoms with Gasteiger partial charge < -0.3 is 4.74 Å². The molecule has 0 aromatic rings. The van der Waals surface area contributed by atoms with Gasteiger partial charge in [-0.05, 0) is 32.9 Å². The smallest absolute Gasteiger partial charge is 0.378 e. The summed E-state index contributed by atoms with van der Waals surface area (Å²) >= 11 is 0. The lowest BCUT2D eigenvalue weighted by Crippen LogP contribution is -2.42. The van der Waals surface area contributed by atoms with Gasteiger partial charge in [0.1, 0.15) is 0 Å². The zero-order valence-corrected chi connectivity index (χ0v) is 8.26. The number of ether oxygens (including phenoxy) is 1. The number of carbonyl (C=O) groups is 1. The molecule has 82 valence electrons. The molecule has 14 heavy (non-hydrogen) atoms. The van der Waals surface area contributed by atoms with Gasteiger partial charge in [0.2, 0.25) is 0 Å². The van der Waals surface area contributed by atoms with E-state index in [9.17, 15) is 13.6 Å². The van der Waals surface area contributed by atoms with Crippen LogP contribution in [-0.4, -0.2) is 43.0 Å². The predicted octanol–water partition coefficient (Wildman–Crippen LogP) is 1.28. The normalized spacial score (nSPS) is 18.5. The van der Waals surface area contributed by atoms with Gasteiger partial charge in [-0.25, -0.2) is 4.79 Å². The van der Waals surface area contributed by atoms with E-state index in [4.69, 9.17) is 0 Å². The summed E-state index contributed by atoms with van der Waals surface area (Å²) < 4.78 is 30.6. The lowest BCUT2D eigenvalue weighted by Gasteiger charge is -2.21. The molecule has 3 nitrogen and oxygen atoms in total. The Hall–Kier alpha value is -0.710. The van der Waals surface area contributed by atoms with Crippen LogP contribution in [0.25, 0.3) is 0 Å². The SMILES string of the molecule is CCOC(=O)C(F)(F)CN1CCCC1. The number of hydrogen-bond donors (Lipinski definition) is 0. The lowest BCUT2D eigenvalue weighted by molar-refractivity contribution is -0.173. The molecule has 0 aromatic heterocycles. The number of hydrogen-bond acceptors (Lipinski definition) is 3. The number of likely N-dealkylation sites (tertiary alicyclic amines) is 1. The van der Waals surface area contributed by atoms with Crippen LogP contribution in [0.2, 0.25) is 0 Å². The first-order valence-corrected chi connectivity index (χ1v) is 4.83. The van der Waals surface area contributed by atoms with Crippen molar-refractivity contribution in [1.29, 1.82) is 0 Å². The summed E-state index contributed by atoms with van der Waals surface area (Å²) in [6.45, 7) is 2.30. The molecule has 0 radical (unpaired) electrons. The van der Waals surface area contributed by atoms with Crippen LogP contribution in [0.1, 0.15) is 19.8 Å². The highest BCUT2D eigenvalue weighted by molar-refractivity contribution is 5.77. The molecule has 1 rings (SSSR count). The van der Waals surface area contributed by atoms with Gasteiger partial charge in [-0.15, -0.1) is 0 Å².